The van der Waals surface area contributed by atoms with Crippen molar-refractivity contribution in [2.24, 2.45) is 0 Å². The second-order valence-electron chi connectivity index (χ2n) is 9.96. The summed E-state index contributed by atoms with van der Waals surface area (Å²) >= 11 is 0. The summed E-state index contributed by atoms with van der Waals surface area (Å²) in [6, 6.07) is 13.2. The summed E-state index contributed by atoms with van der Waals surface area (Å²) in [6.45, 7) is 11.8. The van der Waals surface area contributed by atoms with Crippen LogP contribution < -0.4 is 33.9 Å². The fourth-order valence-electron chi connectivity index (χ4n) is 4.89. The van der Waals surface area contributed by atoms with Crippen LogP contribution in [0.3, 0.4) is 0 Å². The van der Waals surface area contributed by atoms with Gasteiger partial charge in [-0.3, -0.25) is 14.5 Å². The molecule has 0 fully saturated rings. The Hall–Kier alpha value is -2.95. The minimum absolute atomic E-state index is 0. The van der Waals surface area contributed by atoms with E-state index < -0.39 is 11.7 Å². The molecule has 0 spiro atoms. The van der Waals surface area contributed by atoms with E-state index in [2.05, 4.69) is 40.4 Å². The number of aryl methyl sites for hydroxylation is 3. The molecule has 0 atom stereocenters. The van der Waals surface area contributed by atoms with E-state index in [9.17, 15) is 14.4 Å². The molecule has 0 bridgehead atoms. The predicted molar refractivity (Wildman–Crippen MR) is 137 cm³/mol. The van der Waals surface area contributed by atoms with Gasteiger partial charge in [0.05, 0.1) is 24.2 Å². The number of imide groups is 1. The molecule has 1 aliphatic rings. The Morgan fingerprint density at radius 2 is 1.65 bits per heavy atom. The van der Waals surface area contributed by atoms with E-state index in [0.717, 1.165) is 35.3 Å². The Kier molecular flexibility index (Phi) is 8.99. The van der Waals surface area contributed by atoms with Gasteiger partial charge < -0.3 is 34.0 Å². The van der Waals surface area contributed by atoms with E-state index in [0.29, 0.717) is 30.8 Å². The van der Waals surface area contributed by atoms with Crippen LogP contribution in [-0.2, 0) is 30.8 Å². The largest absolute Gasteiger partial charge is 1.00 e. The topological polar surface area (TPSA) is 84.5 Å². The molecule has 9 heteroatoms. The molecule has 0 aliphatic carbocycles. The normalized spacial score (nSPS) is 13.1. The van der Waals surface area contributed by atoms with Crippen molar-refractivity contribution in [3.63, 3.8) is 0 Å². The Bertz CT molecular complexity index is 1290. The smallest absolute Gasteiger partial charge is 0.407 e. The lowest BCUT2D eigenvalue weighted by atomic mass is 10.1. The number of hydrogen-bond donors (Lipinski definition) is 1. The van der Waals surface area contributed by atoms with Crippen molar-refractivity contribution in [2.45, 2.75) is 72.7 Å². The SMILES string of the molecule is CCn1c(CN2C(=O)c3ccccc3C2=O)[n+](CC)c2c(CCCNC(=O)OC(C)(C)C)cccc21.[I-]. The van der Waals surface area contributed by atoms with Gasteiger partial charge in [0.2, 0.25) is 0 Å². The number of para-hydroxylation sites is 1. The average Bonchev–Trinajstić information content (AvgIpc) is 3.27. The summed E-state index contributed by atoms with van der Waals surface area (Å²) in [5.41, 5.74) is 3.73. The molecule has 8 nitrogen and oxygen atoms in total. The van der Waals surface area contributed by atoms with Crippen molar-refractivity contribution in [3.8, 4) is 0 Å². The molecule has 0 saturated carbocycles. The number of imidazole rings is 1. The fraction of sp³-hybridized carbons (Fsp3) is 0.429. The lowest BCUT2D eigenvalue weighted by Gasteiger charge is -2.19. The number of amides is 3. The molecule has 4 rings (SSSR count). The molecule has 1 aromatic heterocycles. The van der Waals surface area contributed by atoms with Crippen LogP contribution in [0.2, 0.25) is 0 Å². The maximum atomic E-state index is 13.1. The molecule has 0 saturated heterocycles. The van der Waals surface area contributed by atoms with Gasteiger partial charge in [0.1, 0.15) is 12.1 Å². The molecule has 3 amide bonds. The van der Waals surface area contributed by atoms with E-state index in [1.54, 1.807) is 24.3 Å². The quantitative estimate of drug-likeness (QED) is 0.178. The van der Waals surface area contributed by atoms with Crippen LogP contribution in [0.4, 0.5) is 4.79 Å². The van der Waals surface area contributed by atoms with Gasteiger partial charge in [-0.25, -0.2) is 13.9 Å². The summed E-state index contributed by atoms with van der Waals surface area (Å²) < 4.78 is 9.71. The Morgan fingerprint density at radius 3 is 2.22 bits per heavy atom. The van der Waals surface area contributed by atoms with E-state index in [-0.39, 0.29) is 42.3 Å². The highest BCUT2D eigenvalue weighted by Crippen LogP contribution is 2.26. The van der Waals surface area contributed by atoms with Gasteiger partial charge in [-0.15, -0.1) is 0 Å². The summed E-state index contributed by atoms with van der Waals surface area (Å²) in [4.78, 5) is 39.4. The van der Waals surface area contributed by atoms with Crippen LogP contribution in [0.15, 0.2) is 42.5 Å². The highest BCUT2D eigenvalue weighted by Gasteiger charge is 2.38. The molecule has 0 unspecified atom stereocenters. The first-order valence-electron chi connectivity index (χ1n) is 12.6. The molecular weight excluding hydrogens is 583 g/mol. The number of nitrogens with zero attached hydrogens (tertiary/aromatic N) is 3. The van der Waals surface area contributed by atoms with Crippen LogP contribution in [0, 0.1) is 0 Å². The Morgan fingerprint density at radius 1 is 1.00 bits per heavy atom. The lowest BCUT2D eigenvalue weighted by Crippen LogP contribution is -3.00. The van der Waals surface area contributed by atoms with Crippen LogP contribution in [0.5, 0.6) is 0 Å². The van der Waals surface area contributed by atoms with Gasteiger partial charge >= 0.3 is 6.09 Å². The summed E-state index contributed by atoms with van der Waals surface area (Å²) in [7, 11) is 0. The van der Waals surface area contributed by atoms with Gasteiger partial charge in [0, 0.05) is 12.1 Å². The number of alkyl carbamates (subject to hydrolysis) is 1. The molecule has 198 valence electrons. The van der Waals surface area contributed by atoms with Gasteiger partial charge in [-0.2, -0.15) is 0 Å². The number of nitrogens with one attached hydrogen (secondary N) is 1. The van der Waals surface area contributed by atoms with Gasteiger partial charge in [-0.05, 0) is 65.7 Å². The highest BCUT2D eigenvalue weighted by atomic mass is 127. The average molecular weight is 619 g/mol. The number of rotatable bonds is 8. The highest BCUT2D eigenvalue weighted by molar-refractivity contribution is 6.21. The van der Waals surface area contributed by atoms with Crippen LogP contribution in [-0.4, -0.2) is 39.5 Å². The second kappa shape index (κ2) is 11.6. The number of benzene rings is 2. The summed E-state index contributed by atoms with van der Waals surface area (Å²) in [5.74, 6) is 0.419. The van der Waals surface area contributed by atoms with Gasteiger partial charge in [0.25, 0.3) is 17.6 Å². The van der Waals surface area contributed by atoms with E-state index in [4.69, 9.17) is 4.74 Å². The molecule has 0 radical (unpaired) electrons. The molecular formula is C28H35IN4O4. The van der Waals surface area contributed by atoms with Crippen molar-refractivity contribution in [1.29, 1.82) is 0 Å². The first-order valence-corrected chi connectivity index (χ1v) is 12.6. The van der Waals surface area contributed by atoms with E-state index in [1.165, 1.54) is 4.90 Å². The van der Waals surface area contributed by atoms with Crippen molar-refractivity contribution in [2.75, 3.05) is 6.54 Å². The molecule has 37 heavy (non-hydrogen) atoms. The van der Waals surface area contributed by atoms with E-state index in [1.807, 2.05) is 26.8 Å². The summed E-state index contributed by atoms with van der Waals surface area (Å²) in [5, 5.41) is 2.83. The standard InChI is InChI=1S/C28H34N4O4.HI/c1-6-30-22-16-10-12-19(13-11-17-29-27(35)36-28(3,4)5)24(22)31(7-2)23(30)18-32-25(33)20-14-8-9-15-21(20)26(32)34;/h8-10,12,14-16H,6-7,11,13,17-18H2,1-5H3;1H. The number of ether oxygens (including phenoxy) is 1. The zero-order valence-corrected chi connectivity index (χ0v) is 24.3. The maximum absolute atomic E-state index is 13.1. The van der Waals surface area contributed by atoms with Crippen molar-refractivity contribution in [3.05, 3.63) is 65.0 Å². The third-order valence-corrected chi connectivity index (χ3v) is 6.38. The molecule has 1 aliphatic heterocycles. The van der Waals surface area contributed by atoms with Crippen molar-refractivity contribution < 1.29 is 47.7 Å². The van der Waals surface area contributed by atoms with Crippen LogP contribution in [0.1, 0.15) is 73.1 Å². The van der Waals surface area contributed by atoms with Gasteiger partial charge in [-0.1, -0.05) is 24.3 Å². The minimum atomic E-state index is -0.527. The Labute approximate surface area is 235 Å². The lowest BCUT2D eigenvalue weighted by molar-refractivity contribution is -0.677. The second-order valence-corrected chi connectivity index (χ2v) is 9.96. The Balaban J connectivity index is 0.00000380. The number of halogens is 1. The number of hydrogen-bond acceptors (Lipinski definition) is 4. The predicted octanol–water partition coefficient (Wildman–Crippen LogP) is 1.23. The monoisotopic (exact) mass is 618 g/mol. The fourth-order valence-corrected chi connectivity index (χ4v) is 4.89. The zero-order chi connectivity index (χ0) is 26.0. The number of carbonyl (C=O) groups is 3. The molecule has 2 aromatic carbocycles. The number of fused-ring (bicyclic) bond motifs is 2. The molecule has 1 N–H and O–H groups in total. The maximum Gasteiger partial charge on any atom is 0.407 e. The van der Waals surface area contributed by atoms with Crippen molar-refractivity contribution in [1.82, 2.24) is 14.8 Å². The zero-order valence-electron chi connectivity index (χ0n) is 22.1. The van der Waals surface area contributed by atoms with Gasteiger partial charge in [0.15, 0.2) is 11.0 Å². The number of carbonyl (C=O) groups excluding carboxylic acids is 3. The number of aromatic nitrogens is 2. The molecule has 3 aromatic rings. The summed E-state index contributed by atoms with van der Waals surface area (Å²) in [6.07, 6.45) is 1.12. The van der Waals surface area contributed by atoms with Crippen LogP contribution >= 0.6 is 0 Å². The first-order chi connectivity index (χ1) is 17.2. The first kappa shape index (κ1) is 28.6. The minimum Gasteiger partial charge on any atom is -1.00 e. The van der Waals surface area contributed by atoms with Crippen LogP contribution in [0.25, 0.3) is 11.0 Å². The van der Waals surface area contributed by atoms with Crippen molar-refractivity contribution >= 4 is 28.9 Å². The third-order valence-electron chi connectivity index (χ3n) is 6.38. The van der Waals surface area contributed by atoms with E-state index >= 15 is 0 Å². The molecule has 2 heterocycles. The third kappa shape index (κ3) is 5.81.